The van der Waals surface area contributed by atoms with Crippen LogP contribution in [0.4, 0.5) is 0 Å². The van der Waals surface area contributed by atoms with Crippen LogP contribution >= 0.6 is 11.8 Å². The van der Waals surface area contributed by atoms with E-state index in [9.17, 15) is 19.5 Å². The van der Waals surface area contributed by atoms with Gasteiger partial charge in [-0.2, -0.15) is 0 Å². The number of nitrogens with one attached hydrogen (secondary N) is 1. The lowest BCUT2D eigenvalue weighted by molar-refractivity contribution is -0.149. The molecule has 3 aromatic rings. The molecule has 2 unspecified atom stereocenters. The molecule has 0 bridgehead atoms. The topological polar surface area (TPSA) is 92.7 Å². The zero-order valence-corrected chi connectivity index (χ0v) is 21.2. The van der Waals surface area contributed by atoms with Gasteiger partial charge in [0.1, 0.15) is 18.4 Å². The van der Waals surface area contributed by atoms with Gasteiger partial charge in [-0.1, -0.05) is 91.5 Å². The molecule has 7 heteroatoms. The summed E-state index contributed by atoms with van der Waals surface area (Å²) < 4.78 is 5.55. The number of esters is 1. The zero-order chi connectivity index (χ0) is 25.9. The molecule has 0 aromatic heterocycles. The first-order chi connectivity index (χ1) is 17.3. The summed E-state index contributed by atoms with van der Waals surface area (Å²) in [5.74, 6) is -1.17. The van der Waals surface area contributed by atoms with Crippen LogP contribution in [0.25, 0.3) is 0 Å². The Hall–Kier alpha value is -3.58. The van der Waals surface area contributed by atoms with Crippen molar-refractivity contribution in [3.63, 3.8) is 0 Å². The highest BCUT2D eigenvalue weighted by Gasteiger charge is 2.31. The van der Waals surface area contributed by atoms with Crippen molar-refractivity contribution in [3.8, 4) is 5.75 Å². The molecule has 0 spiro atoms. The molecule has 6 nitrogen and oxygen atoms in total. The fourth-order valence-electron chi connectivity index (χ4n) is 3.81. The summed E-state index contributed by atoms with van der Waals surface area (Å²) >= 11 is 1.10. The molecule has 3 atom stereocenters. The fourth-order valence-corrected chi connectivity index (χ4v) is 4.67. The molecule has 36 heavy (non-hydrogen) atoms. The van der Waals surface area contributed by atoms with Crippen LogP contribution in [0.15, 0.2) is 84.9 Å². The Morgan fingerprint density at radius 3 is 2.11 bits per heavy atom. The zero-order valence-electron chi connectivity index (χ0n) is 20.4. The molecule has 1 amide bonds. The van der Waals surface area contributed by atoms with E-state index < -0.39 is 17.9 Å². The SMILES string of the molecule is CC(=O)SCC(C(=O)N[C@@H](Cc1ccc(O)cc1)C(=O)OCc1ccccc1)C(C)c1ccccc1. The highest BCUT2D eigenvalue weighted by atomic mass is 32.2. The number of carbonyl (C=O) groups excluding carboxylic acids is 3. The lowest BCUT2D eigenvalue weighted by Crippen LogP contribution is -2.47. The van der Waals surface area contributed by atoms with Crippen molar-refractivity contribution >= 4 is 28.8 Å². The lowest BCUT2D eigenvalue weighted by atomic mass is 9.88. The number of ether oxygens (including phenoxy) is 1. The molecule has 188 valence electrons. The first-order valence-electron chi connectivity index (χ1n) is 11.8. The summed E-state index contributed by atoms with van der Waals surface area (Å²) in [5, 5.41) is 12.4. The van der Waals surface area contributed by atoms with Gasteiger partial charge >= 0.3 is 5.97 Å². The van der Waals surface area contributed by atoms with Crippen LogP contribution in [0, 0.1) is 5.92 Å². The molecule has 0 aliphatic carbocycles. The van der Waals surface area contributed by atoms with Crippen molar-refractivity contribution in [3.05, 3.63) is 102 Å². The average molecular weight is 506 g/mol. The molecule has 0 aliphatic heterocycles. The lowest BCUT2D eigenvalue weighted by Gasteiger charge is -2.26. The third-order valence-corrected chi connectivity index (χ3v) is 6.87. The molecule has 0 fully saturated rings. The van der Waals surface area contributed by atoms with Gasteiger partial charge in [-0.05, 0) is 34.7 Å². The second-order valence-electron chi connectivity index (χ2n) is 8.63. The monoisotopic (exact) mass is 505 g/mol. The van der Waals surface area contributed by atoms with Gasteiger partial charge in [-0.3, -0.25) is 9.59 Å². The number of phenols is 1. The van der Waals surface area contributed by atoms with Crippen LogP contribution in [0.2, 0.25) is 0 Å². The van der Waals surface area contributed by atoms with E-state index in [2.05, 4.69) is 5.32 Å². The van der Waals surface area contributed by atoms with E-state index in [4.69, 9.17) is 4.74 Å². The Labute approximate surface area is 216 Å². The minimum atomic E-state index is -0.932. The quantitative estimate of drug-likeness (QED) is 0.362. The Kier molecular flexibility index (Phi) is 10.1. The first-order valence-corrected chi connectivity index (χ1v) is 12.8. The minimum absolute atomic E-state index is 0.0732. The van der Waals surface area contributed by atoms with Crippen LogP contribution in [-0.4, -0.2) is 33.9 Å². The van der Waals surface area contributed by atoms with Crippen molar-refractivity contribution in [2.24, 2.45) is 5.92 Å². The summed E-state index contributed by atoms with van der Waals surface area (Å²) in [6.07, 6.45) is 0.200. The third-order valence-electron chi connectivity index (χ3n) is 5.93. The van der Waals surface area contributed by atoms with Crippen LogP contribution in [0.3, 0.4) is 0 Å². The maximum Gasteiger partial charge on any atom is 0.329 e. The van der Waals surface area contributed by atoms with E-state index in [1.165, 1.54) is 19.1 Å². The molecule has 0 aliphatic rings. The van der Waals surface area contributed by atoms with Crippen LogP contribution < -0.4 is 5.32 Å². The number of amides is 1. The van der Waals surface area contributed by atoms with E-state index in [0.717, 1.165) is 28.5 Å². The normalized spacial score (nSPS) is 13.3. The second kappa shape index (κ2) is 13.5. The summed E-state index contributed by atoms with van der Waals surface area (Å²) in [6, 6.07) is 24.5. The van der Waals surface area contributed by atoms with Crippen LogP contribution in [0.5, 0.6) is 5.75 Å². The molecule has 0 heterocycles. The van der Waals surface area contributed by atoms with Gasteiger partial charge in [-0.15, -0.1) is 0 Å². The largest absolute Gasteiger partial charge is 0.508 e. The Bertz CT molecular complexity index is 1140. The summed E-state index contributed by atoms with van der Waals surface area (Å²) in [4.78, 5) is 38.3. The number of hydrogen-bond acceptors (Lipinski definition) is 6. The molecule has 0 saturated heterocycles. The molecule has 3 aromatic carbocycles. The number of benzene rings is 3. The van der Waals surface area contributed by atoms with E-state index in [-0.39, 0.29) is 35.7 Å². The minimum Gasteiger partial charge on any atom is -0.508 e. The predicted octanol–water partition coefficient (Wildman–Crippen LogP) is 4.86. The van der Waals surface area contributed by atoms with Gasteiger partial charge in [0.15, 0.2) is 5.12 Å². The summed E-state index contributed by atoms with van der Waals surface area (Å²) in [6.45, 7) is 3.51. The van der Waals surface area contributed by atoms with E-state index in [1.54, 1.807) is 12.1 Å². The van der Waals surface area contributed by atoms with Gasteiger partial charge in [-0.25, -0.2) is 4.79 Å². The van der Waals surface area contributed by atoms with Gasteiger partial charge in [0.25, 0.3) is 0 Å². The maximum absolute atomic E-state index is 13.5. The smallest absolute Gasteiger partial charge is 0.329 e. The first kappa shape index (κ1) is 27.0. The Morgan fingerprint density at radius 2 is 1.50 bits per heavy atom. The second-order valence-corrected chi connectivity index (χ2v) is 9.83. The number of aromatic hydroxyl groups is 1. The van der Waals surface area contributed by atoms with E-state index >= 15 is 0 Å². The number of carbonyl (C=O) groups is 3. The van der Waals surface area contributed by atoms with Crippen LogP contribution in [0.1, 0.15) is 36.5 Å². The predicted molar refractivity (Wildman–Crippen MR) is 141 cm³/mol. The standard InChI is InChI=1S/C29H31NO5S/c1-20(24-11-7-4-8-12-24)26(19-36-21(2)31)28(33)30-27(17-22-13-15-25(32)16-14-22)29(34)35-18-23-9-5-3-6-10-23/h3-16,20,26-27,32H,17-19H2,1-2H3,(H,30,33)/t20?,26?,27-/m0/s1. The number of phenolic OH excluding ortho intramolecular Hbond substituents is 1. The van der Waals surface area contributed by atoms with Gasteiger partial charge < -0.3 is 15.2 Å². The number of rotatable bonds is 11. The highest BCUT2D eigenvalue weighted by molar-refractivity contribution is 8.13. The molecular formula is C29H31NO5S. The third kappa shape index (κ3) is 8.27. The van der Waals surface area contributed by atoms with Crippen molar-refractivity contribution in [1.29, 1.82) is 0 Å². The van der Waals surface area contributed by atoms with Gasteiger partial charge in [0, 0.05) is 19.1 Å². The van der Waals surface area contributed by atoms with Crippen molar-refractivity contribution in [2.45, 2.75) is 38.8 Å². The van der Waals surface area contributed by atoms with E-state index in [0.29, 0.717) is 5.75 Å². The summed E-state index contributed by atoms with van der Waals surface area (Å²) in [7, 11) is 0. The molecule has 2 N–H and O–H groups in total. The van der Waals surface area contributed by atoms with Crippen molar-refractivity contribution in [1.82, 2.24) is 5.32 Å². The molecule has 3 rings (SSSR count). The van der Waals surface area contributed by atoms with Crippen molar-refractivity contribution < 1.29 is 24.2 Å². The average Bonchev–Trinajstić information content (AvgIpc) is 2.89. The van der Waals surface area contributed by atoms with Gasteiger partial charge in [0.2, 0.25) is 5.91 Å². The molecular weight excluding hydrogens is 474 g/mol. The Balaban J connectivity index is 1.79. The van der Waals surface area contributed by atoms with Gasteiger partial charge in [0.05, 0.1) is 5.92 Å². The highest BCUT2D eigenvalue weighted by Crippen LogP contribution is 2.28. The fraction of sp³-hybridized carbons (Fsp3) is 0.276. The summed E-state index contributed by atoms with van der Waals surface area (Å²) in [5.41, 5.74) is 2.58. The maximum atomic E-state index is 13.5. The van der Waals surface area contributed by atoms with Crippen molar-refractivity contribution in [2.75, 3.05) is 5.75 Å². The molecule has 0 radical (unpaired) electrons. The van der Waals surface area contributed by atoms with E-state index in [1.807, 2.05) is 67.6 Å². The number of hydrogen-bond donors (Lipinski definition) is 2. The molecule has 0 saturated carbocycles. The van der Waals surface area contributed by atoms with Crippen LogP contribution in [-0.2, 0) is 32.1 Å². The Morgan fingerprint density at radius 1 is 0.889 bits per heavy atom. The number of thioether (sulfide) groups is 1.